The van der Waals surface area contributed by atoms with Crippen LogP contribution in [0.2, 0.25) is 0 Å². The summed E-state index contributed by atoms with van der Waals surface area (Å²) in [5, 5.41) is 0. The lowest BCUT2D eigenvalue weighted by atomic mass is 10.0. The number of benzene rings is 1. The maximum atomic E-state index is 4.39. The monoisotopic (exact) mass is 273 g/mol. The Morgan fingerprint density at radius 3 is 3.05 bits per heavy atom. The van der Waals surface area contributed by atoms with Crippen molar-refractivity contribution in [3.05, 3.63) is 48.0 Å². The molecule has 4 heteroatoms. The van der Waals surface area contributed by atoms with Crippen LogP contribution in [0, 0.1) is 0 Å². The molecule has 0 saturated heterocycles. The zero-order valence-corrected chi connectivity index (χ0v) is 12.2. The van der Waals surface area contributed by atoms with Crippen molar-refractivity contribution in [1.82, 2.24) is 14.5 Å². The van der Waals surface area contributed by atoms with Crippen molar-refractivity contribution < 1.29 is 0 Å². The molecule has 1 aromatic heterocycles. The molecule has 2 aromatic rings. The Labute approximate surface area is 118 Å². The average Bonchev–Trinajstić information content (AvgIpc) is 2.98. The average molecular weight is 273 g/mol. The number of hydrogen-bond donors (Lipinski definition) is 0. The number of rotatable bonds is 4. The standard InChI is InChI=1S/C15H19N3S/c1-17(10-15-16-7-8-18(15)2)9-12-11-19-14-6-4-3-5-13(12)14/h3-8,12H,9-11H2,1-2H3. The summed E-state index contributed by atoms with van der Waals surface area (Å²) >= 11 is 1.98. The summed E-state index contributed by atoms with van der Waals surface area (Å²) in [5.74, 6) is 2.97. The second-order valence-electron chi connectivity index (χ2n) is 5.20. The fourth-order valence-electron chi connectivity index (χ4n) is 2.61. The van der Waals surface area contributed by atoms with Crippen molar-refractivity contribution >= 4 is 11.8 Å². The lowest BCUT2D eigenvalue weighted by Crippen LogP contribution is -2.25. The van der Waals surface area contributed by atoms with Crippen LogP contribution in [-0.2, 0) is 13.6 Å². The minimum atomic E-state index is 0.645. The summed E-state index contributed by atoms with van der Waals surface area (Å²) in [4.78, 5) is 8.22. The quantitative estimate of drug-likeness (QED) is 0.854. The number of likely N-dealkylation sites (N-methyl/N-ethyl adjacent to an activating group) is 1. The van der Waals surface area contributed by atoms with Crippen LogP contribution in [0.5, 0.6) is 0 Å². The molecule has 0 spiro atoms. The van der Waals surface area contributed by atoms with E-state index in [1.807, 2.05) is 24.2 Å². The highest BCUT2D eigenvalue weighted by atomic mass is 32.2. The Morgan fingerprint density at radius 1 is 1.42 bits per heavy atom. The van der Waals surface area contributed by atoms with Gasteiger partial charge in [0.1, 0.15) is 5.82 Å². The van der Waals surface area contributed by atoms with E-state index in [1.165, 1.54) is 16.2 Å². The molecule has 3 rings (SSSR count). The number of hydrogen-bond acceptors (Lipinski definition) is 3. The van der Waals surface area contributed by atoms with Gasteiger partial charge in [-0.2, -0.15) is 0 Å². The van der Waals surface area contributed by atoms with Gasteiger partial charge in [0.25, 0.3) is 0 Å². The third kappa shape index (κ3) is 2.69. The largest absolute Gasteiger partial charge is 0.337 e. The van der Waals surface area contributed by atoms with Crippen molar-refractivity contribution in [2.45, 2.75) is 17.4 Å². The van der Waals surface area contributed by atoms with Crippen LogP contribution in [0.25, 0.3) is 0 Å². The van der Waals surface area contributed by atoms with Crippen LogP contribution in [0.3, 0.4) is 0 Å². The Kier molecular flexibility index (Phi) is 3.62. The van der Waals surface area contributed by atoms with Gasteiger partial charge in [-0.3, -0.25) is 4.90 Å². The van der Waals surface area contributed by atoms with E-state index in [4.69, 9.17) is 0 Å². The molecule has 1 aliphatic rings. The topological polar surface area (TPSA) is 21.1 Å². The van der Waals surface area contributed by atoms with E-state index >= 15 is 0 Å². The lowest BCUT2D eigenvalue weighted by Gasteiger charge is -2.20. The molecule has 100 valence electrons. The summed E-state index contributed by atoms with van der Waals surface area (Å²) in [6.45, 7) is 2.00. The first-order chi connectivity index (χ1) is 9.24. The van der Waals surface area contributed by atoms with E-state index in [0.29, 0.717) is 5.92 Å². The zero-order chi connectivity index (χ0) is 13.2. The maximum absolute atomic E-state index is 4.39. The first-order valence-corrected chi connectivity index (χ1v) is 7.59. The van der Waals surface area contributed by atoms with Gasteiger partial charge in [0, 0.05) is 42.6 Å². The number of imidazole rings is 1. The highest BCUT2D eigenvalue weighted by Gasteiger charge is 2.23. The van der Waals surface area contributed by atoms with Gasteiger partial charge in [-0.05, 0) is 18.7 Å². The molecule has 0 saturated carbocycles. The third-order valence-corrected chi connectivity index (χ3v) is 4.92. The Hall–Kier alpha value is -1.26. The maximum Gasteiger partial charge on any atom is 0.122 e. The minimum Gasteiger partial charge on any atom is -0.337 e. The van der Waals surface area contributed by atoms with Crippen LogP contribution in [0.4, 0.5) is 0 Å². The molecule has 0 amide bonds. The predicted molar refractivity (Wildman–Crippen MR) is 79.4 cm³/mol. The van der Waals surface area contributed by atoms with Crippen LogP contribution < -0.4 is 0 Å². The molecular formula is C15H19N3S. The molecule has 2 heterocycles. The first-order valence-electron chi connectivity index (χ1n) is 6.60. The molecule has 3 nitrogen and oxygen atoms in total. The summed E-state index contributed by atoms with van der Waals surface area (Å²) in [7, 11) is 4.23. The van der Waals surface area contributed by atoms with Gasteiger partial charge < -0.3 is 4.57 Å². The summed E-state index contributed by atoms with van der Waals surface area (Å²) in [6, 6.07) is 8.79. The number of aryl methyl sites for hydroxylation is 1. The molecule has 19 heavy (non-hydrogen) atoms. The molecular weight excluding hydrogens is 254 g/mol. The van der Waals surface area contributed by atoms with Crippen molar-refractivity contribution in [1.29, 1.82) is 0 Å². The van der Waals surface area contributed by atoms with Crippen LogP contribution in [-0.4, -0.2) is 33.8 Å². The molecule has 1 unspecified atom stereocenters. The zero-order valence-electron chi connectivity index (χ0n) is 11.4. The van der Waals surface area contributed by atoms with E-state index in [-0.39, 0.29) is 0 Å². The van der Waals surface area contributed by atoms with Gasteiger partial charge in [-0.25, -0.2) is 4.98 Å². The van der Waals surface area contributed by atoms with Crippen LogP contribution >= 0.6 is 11.8 Å². The SMILES string of the molecule is CN(Cc1nccn1C)CC1CSc2ccccc21. The van der Waals surface area contributed by atoms with Gasteiger partial charge >= 0.3 is 0 Å². The number of aromatic nitrogens is 2. The summed E-state index contributed by atoms with van der Waals surface area (Å²) in [6.07, 6.45) is 3.87. The number of thioether (sulfide) groups is 1. The van der Waals surface area contributed by atoms with Crippen LogP contribution in [0.1, 0.15) is 17.3 Å². The summed E-state index contributed by atoms with van der Waals surface area (Å²) in [5.41, 5.74) is 1.51. The second-order valence-corrected chi connectivity index (χ2v) is 6.26. The van der Waals surface area contributed by atoms with E-state index in [1.54, 1.807) is 0 Å². The molecule has 1 aromatic carbocycles. The molecule has 1 aliphatic heterocycles. The van der Waals surface area contributed by atoms with Crippen molar-refractivity contribution in [2.24, 2.45) is 7.05 Å². The predicted octanol–water partition coefficient (Wildman–Crippen LogP) is 2.74. The Balaban J connectivity index is 1.65. The number of nitrogens with zero attached hydrogens (tertiary/aromatic N) is 3. The van der Waals surface area contributed by atoms with E-state index in [2.05, 4.69) is 52.8 Å². The van der Waals surface area contributed by atoms with Gasteiger partial charge in [0.05, 0.1) is 6.54 Å². The second kappa shape index (κ2) is 5.39. The number of fused-ring (bicyclic) bond motifs is 1. The molecule has 0 fully saturated rings. The molecule has 0 N–H and O–H groups in total. The minimum absolute atomic E-state index is 0.645. The van der Waals surface area contributed by atoms with E-state index in [0.717, 1.165) is 18.9 Å². The first kappa shape index (κ1) is 12.8. The van der Waals surface area contributed by atoms with Gasteiger partial charge in [-0.1, -0.05) is 18.2 Å². The van der Waals surface area contributed by atoms with Gasteiger partial charge in [0.2, 0.25) is 0 Å². The molecule has 0 radical (unpaired) electrons. The molecule has 0 aliphatic carbocycles. The van der Waals surface area contributed by atoms with Crippen molar-refractivity contribution in [3.63, 3.8) is 0 Å². The smallest absolute Gasteiger partial charge is 0.122 e. The fraction of sp³-hybridized carbons (Fsp3) is 0.400. The van der Waals surface area contributed by atoms with Gasteiger partial charge in [-0.15, -0.1) is 11.8 Å². The van der Waals surface area contributed by atoms with Crippen molar-refractivity contribution in [2.75, 3.05) is 19.3 Å². The molecule has 0 bridgehead atoms. The van der Waals surface area contributed by atoms with E-state index < -0.39 is 0 Å². The normalized spacial score (nSPS) is 17.9. The summed E-state index contributed by atoms with van der Waals surface area (Å²) < 4.78 is 2.09. The highest BCUT2D eigenvalue weighted by molar-refractivity contribution is 7.99. The highest BCUT2D eigenvalue weighted by Crippen LogP contribution is 2.39. The van der Waals surface area contributed by atoms with Crippen molar-refractivity contribution in [3.8, 4) is 0 Å². The third-order valence-electron chi connectivity index (χ3n) is 3.66. The Bertz CT molecular complexity index is 564. The van der Waals surface area contributed by atoms with E-state index in [9.17, 15) is 0 Å². The van der Waals surface area contributed by atoms with Gasteiger partial charge in [0.15, 0.2) is 0 Å². The Morgan fingerprint density at radius 2 is 2.26 bits per heavy atom. The molecule has 1 atom stereocenters. The van der Waals surface area contributed by atoms with Crippen LogP contribution in [0.15, 0.2) is 41.6 Å². The fourth-order valence-corrected chi connectivity index (χ4v) is 3.85. The lowest BCUT2D eigenvalue weighted by molar-refractivity contribution is 0.300.